The van der Waals surface area contributed by atoms with Crippen LogP contribution >= 0.6 is 11.8 Å². The van der Waals surface area contributed by atoms with Gasteiger partial charge in [0.2, 0.25) is 0 Å². The van der Waals surface area contributed by atoms with Crippen molar-refractivity contribution < 1.29 is 23.5 Å². The lowest BCUT2D eigenvalue weighted by Gasteiger charge is -2.00. The third kappa shape index (κ3) is 3.86. The SMILES string of the molecule is CC(=O)SCC#Cc1cc(F)c(C(=O)O)c(F)c1. The van der Waals surface area contributed by atoms with Gasteiger partial charge < -0.3 is 5.11 Å². The van der Waals surface area contributed by atoms with Crippen molar-refractivity contribution in [2.24, 2.45) is 0 Å². The van der Waals surface area contributed by atoms with E-state index in [4.69, 9.17) is 5.11 Å². The molecule has 0 saturated heterocycles. The Bertz CT molecular complexity index is 535. The molecule has 6 heteroatoms. The molecule has 0 heterocycles. The zero-order valence-electron chi connectivity index (χ0n) is 9.29. The number of benzene rings is 1. The van der Waals surface area contributed by atoms with Gasteiger partial charge >= 0.3 is 5.97 Å². The second-order valence-corrected chi connectivity index (χ2v) is 4.35. The molecule has 0 fully saturated rings. The maximum absolute atomic E-state index is 13.3. The fourth-order valence-corrected chi connectivity index (χ4v) is 1.47. The molecule has 0 aliphatic heterocycles. The Morgan fingerprint density at radius 2 is 1.89 bits per heavy atom. The Morgan fingerprint density at radius 3 is 2.33 bits per heavy atom. The number of carbonyl (C=O) groups excluding carboxylic acids is 1. The van der Waals surface area contributed by atoms with Gasteiger partial charge in [-0.1, -0.05) is 23.6 Å². The van der Waals surface area contributed by atoms with E-state index in [0.29, 0.717) is 0 Å². The van der Waals surface area contributed by atoms with E-state index in [0.717, 1.165) is 23.9 Å². The van der Waals surface area contributed by atoms with Crippen LogP contribution in [0.4, 0.5) is 8.78 Å². The van der Waals surface area contributed by atoms with Crippen molar-refractivity contribution in [3.63, 3.8) is 0 Å². The summed E-state index contributed by atoms with van der Waals surface area (Å²) in [5, 5.41) is 8.45. The van der Waals surface area contributed by atoms with E-state index < -0.39 is 23.2 Å². The summed E-state index contributed by atoms with van der Waals surface area (Å²) in [5.41, 5.74) is -0.974. The number of carbonyl (C=O) groups is 2. The molecule has 1 N–H and O–H groups in total. The van der Waals surface area contributed by atoms with E-state index in [1.807, 2.05) is 0 Å². The van der Waals surface area contributed by atoms with Crippen LogP contribution in [0, 0.1) is 23.5 Å². The van der Waals surface area contributed by atoms with Crippen molar-refractivity contribution >= 4 is 22.8 Å². The molecule has 0 spiro atoms. The predicted octanol–water partition coefficient (Wildman–Crippen LogP) is 2.29. The molecular formula is C12H8F2O3S. The minimum atomic E-state index is -1.67. The first-order chi connectivity index (χ1) is 8.41. The van der Waals surface area contributed by atoms with Gasteiger partial charge in [0, 0.05) is 12.5 Å². The highest BCUT2D eigenvalue weighted by molar-refractivity contribution is 8.13. The lowest BCUT2D eigenvalue weighted by molar-refractivity contribution is -0.109. The van der Waals surface area contributed by atoms with E-state index in [1.54, 1.807) is 0 Å². The molecule has 0 aliphatic carbocycles. The normalized spacial score (nSPS) is 9.50. The number of carboxylic acid groups (broad SMARTS) is 1. The Morgan fingerprint density at radius 1 is 1.33 bits per heavy atom. The first kappa shape index (κ1) is 14.2. The molecule has 18 heavy (non-hydrogen) atoms. The monoisotopic (exact) mass is 270 g/mol. The molecule has 3 nitrogen and oxygen atoms in total. The van der Waals surface area contributed by atoms with Gasteiger partial charge in [0.25, 0.3) is 0 Å². The highest BCUT2D eigenvalue weighted by atomic mass is 32.2. The molecule has 0 atom stereocenters. The number of rotatable bonds is 2. The van der Waals surface area contributed by atoms with E-state index >= 15 is 0 Å². The lowest BCUT2D eigenvalue weighted by Crippen LogP contribution is -2.05. The number of carboxylic acids is 1. The largest absolute Gasteiger partial charge is 0.477 e. The Balaban J connectivity index is 2.93. The van der Waals surface area contributed by atoms with Gasteiger partial charge in [0.1, 0.15) is 17.2 Å². The molecule has 1 aromatic carbocycles. The van der Waals surface area contributed by atoms with Crippen molar-refractivity contribution in [2.45, 2.75) is 6.92 Å². The fraction of sp³-hybridized carbons (Fsp3) is 0.167. The summed E-state index contributed by atoms with van der Waals surface area (Å²) in [7, 11) is 0. The van der Waals surface area contributed by atoms with Gasteiger partial charge in [-0.05, 0) is 12.1 Å². The van der Waals surface area contributed by atoms with Crippen LogP contribution in [-0.4, -0.2) is 21.9 Å². The molecule has 0 bridgehead atoms. The van der Waals surface area contributed by atoms with E-state index in [9.17, 15) is 18.4 Å². The molecule has 0 unspecified atom stereocenters. The first-order valence-corrected chi connectivity index (χ1v) is 5.75. The maximum atomic E-state index is 13.3. The molecule has 0 radical (unpaired) electrons. The smallest absolute Gasteiger partial charge is 0.341 e. The predicted molar refractivity (Wildman–Crippen MR) is 63.3 cm³/mol. The van der Waals surface area contributed by atoms with Crippen LogP contribution < -0.4 is 0 Å². The summed E-state index contributed by atoms with van der Waals surface area (Å²) in [6.07, 6.45) is 0. The standard InChI is InChI=1S/C12H8F2O3S/c1-7(15)18-4-2-3-8-5-9(13)11(12(16)17)10(14)6-8/h5-6H,4H2,1H3,(H,16,17). The van der Waals surface area contributed by atoms with E-state index in [1.165, 1.54) is 6.92 Å². The van der Waals surface area contributed by atoms with Crippen LogP contribution in [0.15, 0.2) is 12.1 Å². The molecule has 0 amide bonds. The third-order valence-electron chi connectivity index (χ3n) is 1.84. The first-order valence-electron chi connectivity index (χ1n) is 4.76. The summed E-state index contributed by atoms with van der Waals surface area (Å²) in [6, 6.07) is 1.69. The molecular weight excluding hydrogens is 262 g/mol. The average Bonchev–Trinajstić information content (AvgIpc) is 2.22. The number of halogens is 2. The zero-order valence-corrected chi connectivity index (χ0v) is 10.1. The second-order valence-electron chi connectivity index (χ2n) is 3.20. The highest BCUT2D eigenvalue weighted by Crippen LogP contribution is 2.15. The van der Waals surface area contributed by atoms with Crippen molar-refractivity contribution in [1.29, 1.82) is 0 Å². The third-order valence-corrected chi connectivity index (χ3v) is 2.53. The number of aromatic carboxylic acids is 1. The topological polar surface area (TPSA) is 54.4 Å². The van der Waals surface area contributed by atoms with Crippen molar-refractivity contribution in [3.05, 3.63) is 34.9 Å². The Hall–Kier alpha value is -1.87. The average molecular weight is 270 g/mol. The fourth-order valence-electron chi connectivity index (χ4n) is 1.13. The number of hydrogen-bond donors (Lipinski definition) is 1. The van der Waals surface area contributed by atoms with Crippen LogP contribution in [-0.2, 0) is 4.79 Å². The highest BCUT2D eigenvalue weighted by Gasteiger charge is 2.17. The molecule has 0 aromatic heterocycles. The number of hydrogen-bond acceptors (Lipinski definition) is 3. The van der Waals surface area contributed by atoms with Crippen molar-refractivity contribution in [1.82, 2.24) is 0 Å². The molecule has 0 aliphatic rings. The van der Waals surface area contributed by atoms with Gasteiger partial charge in [-0.3, -0.25) is 4.79 Å². The Labute approximate surface area is 106 Å². The van der Waals surface area contributed by atoms with Crippen molar-refractivity contribution in [2.75, 3.05) is 5.75 Å². The van der Waals surface area contributed by atoms with Crippen LogP contribution in [0.1, 0.15) is 22.8 Å². The summed E-state index contributed by atoms with van der Waals surface area (Å²) in [5.74, 6) is 1.19. The Kier molecular flexibility index (Phi) is 4.86. The second kappa shape index (κ2) is 6.17. The van der Waals surface area contributed by atoms with Crippen LogP contribution in [0.25, 0.3) is 0 Å². The zero-order chi connectivity index (χ0) is 13.7. The van der Waals surface area contributed by atoms with Gasteiger partial charge in [-0.25, -0.2) is 13.6 Å². The lowest BCUT2D eigenvalue weighted by atomic mass is 10.1. The minimum absolute atomic E-state index is 0.0270. The molecule has 94 valence electrons. The summed E-state index contributed by atoms with van der Waals surface area (Å²) >= 11 is 0.973. The molecule has 1 rings (SSSR count). The number of thioether (sulfide) groups is 1. The van der Waals surface area contributed by atoms with Gasteiger partial charge in [0.15, 0.2) is 5.12 Å². The molecule has 0 saturated carbocycles. The quantitative estimate of drug-likeness (QED) is 0.838. The minimum Gasteiger partial charge on any atom is -0.477 e. The van der Waals surface area contributed by atoms with Gasteiger partial charge in [-0.15, -0.1) is 0 Å². The van der Waals surface area contributed by atoms with Crippen LogP contribution in [0.5, 0.6) is 0 Å². The van der Waals surface area contributed by atoms with E-state index in [-0.39, 0.29) is 16.4 Å². The summed E-state index contributed by atoms with van der Waals surface area (Å²) < 4.78 is 26.5. The van der Waals surface area contributed by atoms with Gasteiger partial charge in [-0.2, -0.15) is 0 Å². The van der Waals surface area contributed by atoms with Gasteiger partial charge in [0.05, 0.1) is 5.75 Å². The summed E-state index contributed by atoms with van der Waals surface area (Å²) in [4.78, 5) is 21.1. The maximum Gasteiger partial charge on any atom is 0.341 e. The summed E-state index contributed by atoms with van der Waals surface area (Å²) in [6.45, 7) is 1.38. The van der Waals surface area contributed by atoms with E-state index in [2.05, 4.69) is 11.8 Å². The van der Waals surface area contributed by atoms with Crippen molar-refractivity contribution in [3.8, 4) is 11.8 Å². The molecule has 1 aromatic rings. The van der Waals surface area contributed by atoms with Crippen LogP contribution in [0.2, 0.25) is 0 Å². The van der Waals surface area contributed by atoms with Crippen LogP contribution in [0.3, 0.4) is 0 Å².